The van der Waals surface area contributed by atoms with Gasteiger partial charge in [-0.3, -0.25) is 5.32 Å². The van der Waals surface area contributed by atoms with Crippen molar-refractivity contribution in [3.05, 3.63) is 76.8 Å². The molecule has 1 fully saturated rings. The summed E-state index contributed by atoms with van der Waals surface area (Å²) in [6.07, 6.45) is 1.35. The summed E-state index contributed by atoms with van der Waals surface area (Å²) in [7, 11) is 0. The molecule has 1 saturated heterocycles. The zero-order valence-electron chi connectivity index (χ0n) is 19.7. The van der Waals surface area contributed by atoms with Crippen molar-refractivity contribution < 1.29 is 19.4 Å². The van der Waals surface area contributed by atoms with E-state index in [0.29, 0.717) is 41.3 Å². The van der Waals surface area contributed by atoms with E-state index in [1.54, 1.807) is 24.3 Å². The van der Waals surface area contributed by atoms with Crippen molar-refractivity contribution in [2.45, 2.75) is 6.61 Å². The highest BCUT2D eigenvalue weighted by molar-refractivity contribution is 7.22. The SMILES string of the molecule is O=C(N/N=C/c1ccc(OCc2ccc(Cl)cc2)cc1O)Nc1nc2ccc(N3CCOCC3)cc2s1. The number of anilines is 2. The number of aromatic hydroxyl groups is 1. The predicted octanol–water partition coefficient (Wildman–Crippen LogP) is 5.23. The van der Waals surface area contributed by atoms with Crippen molar-refractivity contribution in [2.24, 2.45) is 5.10 Å². The number of carbonyl (C=O) groups is 1. The Hall–Kier alpha value is -3.86. The van der Waals surface area contributed by atoms with Crippen molar-refractivity contribution in [3.8, 4) is 11.5 Å². The number of nitrogens with zero attached hydrogens (tertiary/aromatic N) is 3. The number of hydrogen-bond acceptors (Lipinski definition) is 8. The number of hydrogen-bond donors (Lipinski definition) is 3. The lowest BCUT2D eigenvalue weighted by Crippen LogP contribution is -2.36. The number of ether oxygens (including phenoxy) is 2. The van der Waals surface area contributed by atoms with E-state index in [4.69, 9.17) is 21.1 Å². The van der Waals surface area contributed by atoms with Crippen LogP contribution in [0.3, 0.4) is 0 Å². The van der Waals surface area contributed by atoms with Crippen LogP contribution >= 0.6 is 22.9 Å². The number of phenols is 1. The van der Waals surface area contributed by atoms with Crippen LogP contribution in [0.2, 0.25) is 5.02 Å². The Balaban J connectivity index is 1.14. The monoisotopic (exact) mass is 537 g/mol. The number of phenolic OH excluding ortho intramolecular Hbond substituents is 1. The first kappa shape index (κ1) is 24.8. The maximum Gasteiger partial charge on any atom is 0.341 e. The number of halogens is 1. The molecule has 3 aromatic carbocycles. The zero-order chi connectivity index (χ0) is 25.6. The fraction of sp³-hybridized carbons (Fsp3) is 0.192. The summed E-state index contributed by atoms with van der Waals surface area (Å²) in [6, 6.07) is 17.7. The summed E-state index contributed by atoms with van der Waals surface area (Å²) < 4.78 is 12.1. The van der Waals surface area contributed by atoms with Crippen molar-refractivity contribution in [1.82, 2.24) is 10.4 Å². The van der Waals surface area contributed by atoms with Gasteiger partial charge in [0.15, 0.2) is 5.13 Å². The van der Waals surface area contributed by atoms with E-state index in [-0.39, 0.29) is 5.75 Å². The summed E-state index contributed by atoms with van der Waals surface area (Å²) in [5.41, 5.74) is 5.69. The molecule has 1 aromatic heterocycles. The van der Waals surface area contributed by atoms with Crippen molar-refractivity contribution in [3.63, 3.8) is 0 Å². The van der Waals surface area contributed by atoms with Gasteiger partial charge in [-0.15, -0.1) is 0 Å². The van der Waals surface area contributed by atoms with Crippen LogP contribution in [0.4, 0.5) is 15.6 Å². The number of nitrogens with one attached hydrogen (secondary N) is 2. The third-order valence-electron chi connectivity index (χ3n) is 5.66. The standard InChI is InChI=1S/C26H24ClN5O4S/c27-19-4-1-17(2-5-19)16-36-21-7-3-18(23(33)14-21)15-28-31-25(34)30-26-29-22-8-6-20(13-24(22)37-26)32-9-11-35-12-10-32/h1-8,13-15,33H,9-12,16H2,(H2,29,30,31,34)/b28-15+. The summed E-state index contributed by atoms with van der Waals surface area (Å²) in [6.45, 7) is 3.48. The molecule has 4 aromatic rings. The first-order valence-corrected chi connectivity index (χ1v) is 12.8. The lowest BCUT2D eigenvalue weighted by atomic mass is 10.2. The Morgan fingerprint density at radius 2 is 1.97 bits per heavy atom. The molecule has 0 atom stereocenters. The van der Waals surface area contributed by atoms with E-state index in [1.165, 1.54) is 23.6 Å². The molecule has 0 aliphatic carbocycles. The molecule has 5 rings (SSSR count). The number of rotatable bonds is 7. The molecule has 0 spiro atoms. The van der Waals surface area contributed by atoms with Crippen molar-refractivity contribution in [1.29, 1.82) is 0 Å². The number of morpholine rings is 1. The molecule has 0 unspecified atom stereocenters. The minimum Gasteiger partial charge on any atom is -0.507 e. The van der Waals surface area contributed by atoms with E-state index < -0.39 is 6.03 Å². The largest absolute Gasteiger partial charge is 0.507 e. The lowest BCUT2D eigenvalue weighted by Gasteiger charge is -2.28. The van der Waals surface area contributed by atoms with Gasteiger partial charge in [-0.05, 0) is 48.0 Å². The zero-order valence-corrected chi connectivity index (χ0v) is 21.3. The molecule has 1 aliphatic rings. The van der Waals surface area contributed by atoms with Gasteiger partial charge in [0.1, 0.15) is 18.1 Å². The van der Waals surface area contributed by atoms with Gasteiger partial charge in [-0.25, -0.2) is 15.2 Å². The second-order valence-electron chi connectivity index (χ2n) is 8.23. The molecule has 11 heteroatoms. The van der Waals surface area contributed by atoms with E-state index in [0.717, 1.165) is 34.6 Å². The van der Waals surface area contributed by atoms with Gasteiger partial charge in [-0.2, -0.15) is 5.10 Å². The van der Waals surface area contributed by atoms with Crippen LogP contribution in [0.15, 0.2) is 65.8 Å². The van der Waals surface area contributed by atoms with E-state index in [1.807, 2.05) is 24.3 Å². The number of thiazole rings is 1. The van der Waals surface area contributed by atoms with Crippen molar-refractivity contribution >= 4 is 56.2 Å². The fourth-order valence-electron chi connectivity index (χ4n) is 3.74. The normalized spacial score (nSPS) is 13.7. The number of aromatic nitrogens is 1. The maximum atomic E-state index is 12.3. The second kappa shape index (κ2) is 11.5. The Labute approximate surface area is 222 Å². The number of carbonyl (C=O) groups excluding carboxylic acids is 1. The Morgan fingerprint density at radius 1 is 1.16 bits per heavy atom. The number of urea groups is 1. The molecular weight excluding hydrogens is 514 g/mol. The molecule has 1 aliphatic heterocycles. The minimum atomic E-state index is -0.536. The number of hydrazone groups is 1. The quantitative estimate of drug-likeness (QED) is 0.220. The highest BCUT2D eigenvalue weighted by Gasteiger charge is 2.13. The first-order chi connectivity index (χ1) is 18.0. The molecule has 2 amide bonds. The molecule has 37 heavy (non-hydrogen) atoms. The Kier molecular flexibility index (Phi) is 7.69. The average molecular weight is 538 g/mol. The first-order valence-electron chi connectivity index (χ1n) is 11.6. The molecule has 9 nitrogen and oxygen atoms in total. The van der Waals surface area contributed by atoms with Crippen LogP contribution < -0.4 is 20.4 Å². The Bertz CT molecular complexity index is 1420. The smallest absolute Gasteiger partial charge is 0.341 e. The van der Waals surface area contributed by atoms with Crippen LogP contribution in [0.5, 0.6) is 11.5 Å². The van der Waals surface area contributed by atoms with E-state index in [2.05, 4.69) is 31.8 Å². The van der Waals surface area contributed by atoms with Crippen LogP contribution in [0.25, 0.3) is 10.2 Å². The van der Waals surface area contributed by atoms with Gasteiger partial charge in [0.25, 0.3) is 0 Å². The van der Waals surface area contributed by atoms with Gasteiger partial charge in [0, 0.05) is 35.4 Å². The lowest BCUT2D eigenvalue weighted by molar-refractivity contribution is 0.122. The van der Waals surface area contributed by atoms with Gasteiger partial charge in [0.05, 0.1) is 29.6 Å². The molecule has 190 valence electrons. The van der Waals surface area contributed by atoms with Crippen LogP contribution in [-0.2, 0) is 11.3 Å². The summed E-state index contributed by atoms with van der Waals surface area (Å²) in [4.78, 5) is 19.0. The predicted molar refractivity (Wildman–Crippen MR) is 146 cm³/mol. The molecule has 0 saturated carbocycles. The number of fused-ring (bicyclic) bond motifs is 1. The highest BCUT2D eigenvalue weighted by Crippen LogP contribution is 2.30. The summed E-state index contributed by atoms with van der Waals surface area (Å²) in [5.74, 6) is 0.477. The van der Waals surface area contributed by atoms with Crippen LogP contribution in [0.1, 0.15) is 11.1 Å². The van der Waals surface area contributed by atoms with Crippen LogP contribution in [0, 0.1) is 0 Å². The number of benzene rings is 3. The second-order valence-corrected chi connectivity index (χ2v) is 9.70. The van der Waals surface area contributed by atoms with E-state index in [9.17, 15) is 9.90 Å². The molecule has 0 radical (unpaired) electrons. The maximum absolute atomic E-state index is 12.3. The fourth-order valence-corrected chi connectivity index (χ4v) is 4.76. The van der Waals surface area contributed by atoms with Crippen molar-refractivity contribution in [2.75, 3.05) is 36.5 Å². The third kappa shape index (κ3) is 6.48. The molecule has 3 N–H and O–H groups in total. The summed E-state index contributed by atoms with van der Waals surface area (Å²) in [5, 5.41) is 18.0. The van der Waals surface area contributed by atoms with Gasteiger partial charge >= 0.3 is 6.03 Å². The third-order valence-corrected chi connectivity index (χ3v) is 6.84. The average Bonchev–Trinajstić information content (AvgIpc) is 3.31. The summed E-state index contributed by atoms with van der Waals surface area (Å²) >= 11 is 7.28. The van der Waals surface area contributed by atoms with Gasteiger partial charge < -0.3 is 19.5 Å². The van der Waals surface area contributed by atoms with Crippen LogP contribution in [-0.4, -0.2) is 48.6 Å². The Morgan fingerprint density at radius 3 is 2.76 bits per heavy atom. The molecule has 0 bridgehead atoms. The van der Waals surface area contributed by atoms with E-state index >= 15 is 0 Å². The molecule has 2 heterocycles. The molecular formula is C26H24ClN5O4S. The minimum absolute atomic E-state index is 0.0261. The topological polar surface area (TPSA) is 108 Å². The van der Waals surface area contributed by atoms with Gasteiger partial charge in [-0.1, -0.05) is 35.1 Å². The number of amides is 2. The van der Waals surface area contributed by atoms with Gasteiger partial charge in [0.2, 0.25) is 0 Å². The highest BCUT2D eigenvalue weighted by atomic mass is 35.5.